The van der Waals surface area contributed by atoms with Gasteiger partial charge in [-0.15, -0.1) is 0 Å². The fraction of sp³-hybridized carbons (Fsp3) is 0.333. The van der Waals surface area contributed by atoms with Gasteiger partial charge in [0.2, 0.25) is 10.0 Å². The lowest BCUT2D eigenvalue weighted by atomic mass is 10.0. The maximum atomic E-state index is 11.3. The minimum absolute atomic E-state index is 0.109. The average molecular weight is 348 g/mol. The number of ether oxygens (including phenoxy) is 1. The molecule has 0 spiro atoms. The molecule has 0 heterocycles. The monoisotopic (exact) mass is 348 g/mol. The molecule has 5 nitrogen and oxygen atoms in total. The minimum Gasteiger partial charge on any atom is -0.496 e. The minimum atomic E-state index is -3.11. The van der Waals surface area contributed by atoms with Crippen LogP contribution in [0.25, 0.3) is 11.1 Å². The zero-order chi connectivity index (χ0) is 17.4. The zero-order valence-electron chi connectivity index (χ0n) is 14.1. The van der Waals surface area contributed by atoms with Crippen LogP contribution >= 0.6 is 0 Å². The Morgan fingerprint density at radius 3 is 2.38 bits per heavy atom. The van der Waals surface area contributed by atoms with E-state index in [1.165, 1.54) is 0 Å². The van der Waals surface area contributed by atoms with E-state index in [0.29, 0.717) is 19.6 Å². The van der Waals surface area contributed by atoms with E-state index in [-0.39, 0.29) is 5.75 Å². The molecule has 0 saturated heterocycles. The summed E-state index contributed by atoms with van der Waals surface area (Å²) in [5, 5.41) is 3.23. The van der Waals surface area contributed by atoms with E-state index in [9.17, 15) is 8.42 Å². The number of benzene rings is 2. The van der Waals surface area contributed by atoms with Crippen LogP contribution in [0.2, 0.25) is 0 Å². The van der Waals surface area contributed by atoms with Gasteiger partial charge in [-0.05, 0) is 24.1 Å². The topological polar surface area (TPSA) is 67.4 Å². The number of methoxy groups -OCH3 is 1. The standard InChI is InChI=1S/C18H24N2O3S/c1-3-24(21,22)20-13-12-19-14-15-8-10-16(11-9-15)17-6-4-5-7-18(17)23-2/h4-11,19-20H,3,12-14H2,1-2H3. The maximum absolute atomic E-state index is 11.3. The van der Waals surface area contributed by atoms with Crippen molar-refractivity contribution < 1.29 is 13.2 Å². The molecule has 0 amide bonds. The molecule has 0 unspecified atom stereocenters. The first kappa shape index (κ1) is 18.4. The fourth-order valence-corrected chi connectivity index (χ4v) is 2.93. The summed E-state index contributed by atoms with van der Waals surface area (Å²) in [7, 11) is -1.44. The first-order valence-electron chi connectivity index (χ1n) is 7.96. The molecule has 0 bridgehead atoms. The third-order valence-electron chi connectivity index (χ3n) is 3.70. The van der Waals surface area contributed by atoms with Gasteiger partial charge in [0.15, 0.2) is 0 Å². The van der Waals surface area contributed by atoms with Gasteiger partial charge >= 0.3 is 0 Å². The third-order valence-corrected chi connectivity index (χ3v) is 5.11. The van der Waals surface area contributed by atoms with Crippen LogP contribution in [0, 0.1) is 0 Å². The van der Waals surface area contributed by atoms with E-state index in [4.69, 9.17) is 4.74 Å². The summed E-state index contributed by atoms with van der Waals surface area (Å²) in [6, 6.07) is 16.2. The van der Waals surface area contributed by atoms with Gasteiger partial charge in [0.1, 0.15) is 5.75 Å². The molecule has 130 valence electrons. The van der Waals surface area contributed by atoms with Crippen LogP contribution in [0.1, 0.15) is 12.5 Å². The van der Waals surface area contributed by atoms with Crippen LogP contribution in [0.15, 0.2) is 48.5 Å². The molecule has 2 aromatic carbocycles. The van der Waals surface area contributed by atoms with E-state index in [1.807, 2.05) is 24.3 Å². The number of hydrogen-bond donors (Lipinski definition) is 2. The number of hydrogen-bond acceptors (Lipinski definition) is 4. The Morgan fingerprint density at radius 2 is 1.71 bits per heavy atom. The van der Waals surface area contributed by atoms with Crippen LogP contribution in [0.3, 0.4) is 0 Å². The highest BCUT2D eigenvalue weighted by Gasteiger charge is 2.05. The molecular formula is C18H24N2O3S. The van der Waals surface area contributed by atoms with Gasteiger partial charge in [-0.1, -0.05) is 42.5 Å². The van der Waals surface area contributed by atoms with Crippen molar-refractivity contribution in [2.45, 2.75) is 13.5 Å². The molecule has 24 heavy (non-hydrogen) atoms. The molecule has 0 aliphatic carbocycles. The second-order valence-electron chi connectivity index (χ2n) is 5.37. The van der Waals surface area contributed by atoms with Crippen molar-refractivity contribution in [3.05, 3.63) is 54.1 Å². The molecule has 0 aromatic heterocycles. The lowest BCUT2D eigenvalue weighted by Crippen LogP contribution is -2.32. The van der Waals surface area contributed by atoms with Crippen LogP contribution in [-0.2, 0) is 16.6 Å². The van der Waals surface area contributed by atoms with Gasteiger partial charge in [0.05, 0.1) is 12.9 Å². The van der Waals surface area contributed by atoms with Crippen LogP contribution < -0.4 is 14.8 Å². The smallest absolute Gasteiger partial charge is 0.211 e. The summed E-state index contributed by atoms with van der Waals surface area (Å²) >= 11 is 0. The third kappa shape index (κ3) is 5.33. The Balaban J connectivity index is 1.86. The Bertz CT molecular complexity index is 743. The van der Waals surface area contributed by atoms with Gasteiger partial charge in [0, 0.05) is 25.2 Å². The molecule has 0 saturated carbocycles. The normalized spacial score (nSPS) is 11.4. The second kappa shape index (κ2) is 8.82. The molecular weight excluding hydrogens is 324 g/mol. The van der Waals surface area contributed by atoms with Crippen LogP contribution in [0.5, 0.6) is 5.75 Å². The highest BCUT2D eigenvalue weighted by Crippen LogP contribution is 2.29. The quantitative estimate of drug-likeness (QED) is 0.683. The Kier molecular flexibility index (Phi) is 6.78. The second-order valence-corrected chi connectivity index (χ2v) is 7.47. The van der Waals surface area contributed by atoms with E-state index in [1.54, 1.807) is 14.0 Å². The number of sulfonamides is 1. The summed E-state index contributed by atoms with van der Waals surface area (Å²) in [5.74, 6) is 0.962. The Morgan fingerprint density at radius 1 is 1.00 bits per heavy atom. The Hall–Kier alpha value is -1.89. The molecule has 2 aromatic rings. The van der Waals surface area contributed by atoms with Gasteiger partial charge in [-0.2, -0.15) is 0 Å². The summed E-state index contributed by atoms with van der Waals surface area (Å²) < 4.78 is 30.5. The van der Waals surface area contributed by atoms with Crippen molar-refractivity contribution in [1.29, 1.82) is 0 Å². The molecule has 6 heteroatoms. The molecule has 0 fully saturated rings. The van der Waals surface area contributed by atoms with Crippen molar-refractivity contribution >= 4 is 10.0 Å². The van der Waals surface area contributed by atoms with Gasteiger partial charge in [-0.3, -0.25) is 0 Å². The van der Waals surface area contributed by atoms with Crippen molar-refractivity contribution in [2.24, 2.45) is 0 Å². The number of nitrogens with one attached hydrogen (secondary N) is 2. The van der Waals surface area contributed by atoms with E-state index in [2.05, 4.69) is 34.3 Å². The van der Waals surface area contributed by atoms with Gasteiger partial charge < -0.3 is 10.1 Å². The first-order valence-corrected chi connectivity index (χ1v) is 9.61. The highest BCUT2D eigenvalue weighted by molar-refractivity contribution is 7.89. The largest absolute Gasteiger partial charge is 0.496 e. The molecule has 0 radical (unpaired) electrons. The summed E-state index contributed by atoms with van der Waals surface area (Å²) in [5.41, 5.74) is 3.31. The van der Waals surface area contributed by atoms with Crippen LogP contribution in [0.4, 0.5) is 0 Å². The van der Waals surface area contributed by atoms with Crippen molar-refractivity contribution in [1.82, 2.24) is 10.0 Å². The summed E-state index contributed by atoms with van der Waals surface area (Å²) in [6.07, 6.45) is 0. The molecule has 2 N–H and O–H groups in total. The lowest BCUT2D eigenvalue weighted by Gasteiger charge is -2.10. The molecule has 0 aliphatic heterocycles. The zero-order valence-corrected chi connectivity index (χ0v) is 14.9. The highest BCUT2D eigenvalue weighted by atomic mass is 32.2. The predicted octanol–water partition coefficient (Wildman–Crippen LogP) is 2.39. The lowest BCUT2D eigenvalue weighted by molar-refractivity contribution is 0.416. The van der Waals surface area contributed by atoms with Gasteiger partial charge in [0.25, 0.3) is 0 Å². The van der Waals surface area contributed by atoms with E-state index >= 15 is 0 Å². The Labute approximate surface area is 144 Å². The average Bonchev–Trinajstić information content (AvgIpc) is 2.62. The van der Waals surface area contributed by atoms with Crippen LogP contribution in [-0.4, -0.2) is 34.4 Å². The molecule has 0 aliphatic rings. The number of rotatable bonds is 9. The van der Waals surface area contributed by atoms with Crippen molar-refractivity contribution in [3.63, 3.8) is 0 Å². The summed E-state index contributed by atoms with van der Waals surface area (Å²) in [4.78, 5) is 0. The molecule has 2 rings (SSSR count). The van der Waals surface area contributed by atoms with Crippen molar-refractivity contribution in [2.75, 3.05) is 26.0 Å². The predicted molar refractivity (Wildman–Crippen MR) is 97.6 cm³/mol. The van der Waals surface area contributed by atoms with Crippen molar-refractivity contribution in [3.8, 4) is 16.9 Å². The number of para-hydroxylation sites is 1. The fourth-order valence-electron chi connectivity index (χ4n) is 2.31. The maximum Gasteiger partial charge on any atom is 0.211 e. The SMILES string of the molecule is CCS(=O)(=O)NCCNCc1ccc(-c2ccccc2OC)cc1. The van der Waals surface area contributed by atoms with E-state index in [0.717, 1.165) is 22.4 Å². The first-order chi connectivity index (χ1) is 11.6. The van der Waals surface area contributed by atoms with E-state index < -0.39 is 10.0 Å². The van der Waals surface area contributed by atoms with Gasteiger partial charge in [-0.25, -0.2) is 13.1 Å². The summed E-state index contributed by atoms with van der Waals surface area (Å²) in [6.45, 7) is 3.31. The molecule has 0 atom stereocenters.